The van der Waals surface area contributed by atoms with Gasteiger partial charge < -0.3 is 14.8 Å². The zero-order valence-electron chi connectivity index (χ0n) is 15.6. The van der Waals surface area contributed by atoms with E-state index in [1.165, 1.54) is 18.4 Å². The molecule has 4 heteroatoms. The van der Waals surface area contributed by atoms with Gasteiger partial charge in [0.1, 0.15) is 11.5 Å². The van der Waals surface area contributed by atoms with E-state index in [1.807, 2.05) is 36.4 Å². The quantitative estimate of drug-likeness (QED) is 0.822. The normalized spacial score (nSPS) is 15.5. The molecule has 0 saturated heterocycles. The monoisotopic (exact) mass is 353 g/mol. The van der Waals surface area contributed by atoms with Crippen molar-refractivity contribution in [3.8, 4) is 11.5 Å². The zero-order valence-corrected chi connectivity index (χ0v) is 15.6. The summed E-state index contributed by atoms with van der Waals surface area (Å²) in [6.07, 6.45) is 5.04. The smallest absolute Gasteiger partial charge is 0.224 e. The van der Waals surface area contributed by atoms with Gasteiger partial charge in [-0.25, -0.2) is 0 Å². The van der Waals surface area contributed by atoms with Gasteiger partial charge in [0.25, 0.3) is 0 Å². The molecule has 1 aliphatic carbocycles. The van der Waals surface area contributed by atoms with Crippen LogP contribution in [0.3, 0.4) is 0 Å². The van der Waals surface area contributed by atoms with E-state index in [4.69, 9.17) is 9.47 Å². The number of ether oxygens (including phenoxy) is 2. The number of rotatable bonds is 7. The lowest BCUT2D eigenvalue weighted by molar-refractivity contribution is -0.120. The number of amides is 1. The maximum Gasteiger partial charge on any atom is 0.224 e. The van der Waals surface area contributed by atoms with Crippen molar-refractivity contribution >= 4 is 5.91 Å². The van der Waals surface area contributed by atoms with Crippen molar-refractivity contribution < 1.29 is 14.3 Å². The fraction of sp³-hybridized carbons (Fsp3) is 0.409. The third-order valence-electron chi connectivity index (χ3n) is 5.41. The summed E-state index contributed by atoms with van der Waals surface area (Å²) < 4.78 is 10.4. The number of hydrogen-bond donors (Lipinski definition) is 1. The summed E-state index contributed by atoms with van der Waals surface area (Å²) in [5.41, 5.74) is 2.33. The minimum atomic E-state index is 0.0435. The first kappa shape index (κ1) is 18.3. The predicted molar refractivity (Wildman–Crippen MR) is 103 cm³/mol. The Kier molecular flexibility index (Phi) is 5.82. The minimum Gasteiger partial charge on any atom is -0.497 e. The van der Waals surface area contributed by atoms with Crippen LogP contribution in [0, 0.1) is 0 Å². The lowest BCUT2D eigenvalue weighted by Crippen LogP contribution is -2.39. The molecule has 1 amide bonds. The first-order valence-electron chi connectivity index (χ1n) is 9.19. The van der Waals surface area contributed by atoms with Crippen molar-refractivity contribution in [3.05, 3.63) is 59.7 Å². The van der Waals surface area contributed by atoms with E-state index in [9.17, 15) is 4.79 Å². The molecule has 4 nitrogen and oxygen atoms in total. The van der Waals surface area contributed by atoms with E-state index in [-0.39, 0.29) is 11.3 Å². The Morgan fingerprint density at radius 2 is 1.46 bits per heavy atom. The largest absolute Gasteiger partial charge is 0.497 e. The first-order valence-corrected chi connectivity index (χ1v) is 9.19. The molecule has 0 aliphatic heterocycles. The molecule has 0 aromatic heterocycles. The number of carbonyl (C=O) groups is 1. The fourth-order valence-corrected chi connectivity index (χ4v) is 3.82. The van der Waals surface area contributed by atoms with Gasteiger partial charge in [0.05, 0.1) is 20.6 Å². The molecule has 0 radical (unpaired) electrons. The van der Waals surface area contributed by atoms with Crippen LogP contribution in [0.1, 0.15) is 36.8 Å². The van der Waals surface area contributed by atoms with Crippen LogP contribution in [-0.2, 0) is 16.6 Å². The SMILES string of the molecule is COc1ccc(CC(=O)NCC2(c3ccc(OC)cc3)CCCC2)cc1. The number of methoxy groups -OCH3 is 2. The maximum absolute atomic E-state index is 12.4. The molecule has 2 aromatic carbocycles. The summed E-state index contributed by atoms with van der Waals surface area (Å²) in [5, 5.41) is 3.17. The third kappa shape index (κ3) is 4.18. The Morgan fingerprint density at radius 1 is 0.923 bits per heavy atom. The fourth-order valence-electron chi connectivity index (χ4n) is 3.82. The van der Waals surface area contributed by atoms with Gasteiger partial charge in [0.15, 0.2) is 0 Å². The van der Waals surface area contributed by atoms with Gasteiger partial charge in [0.2, 0.25) is 5.91 Å². The molecule has 0 heterocycles. The van der Waals surface area contributed by atoms with Crippen molar-refractivity contribution in [3.63, 3.8) is 0 Å². The van der Waals surface area contributed by atoms with Crippen molar-refractivity contribution in [1.82, 2.24) is 5.32 Å². The highest BCUT2D eigenvalue weighted by Crippen LogP contribution is 2.41. The van der Waals surface area contributed by atoms with Crippen molar-refractivity contribution in [2.45, 2.75) is 37.5 Å². The van der Waals surface area contributed by atoms with Crippen LogP contribution in [0.15, 0.2) is 48.5 Å². The van der Waals surface area contributed by atoms with E-state index in [0.717, 1.165) is 29.9 Å². The topological polar surface area (TPSA) is 47.6 Å². The summed E-state index contributed by atoms with van der Waals surface area (Å²) in [5.74, 6) is 1.74. The average molecular weight is 353 g/mol. The Morgan fingerprint density at radius 3 is 2.00 bits per heavy atom. The molecule has 138 valence electrons. The summed E-state index contributed by atoms with van der Waals surface area (Å²) >= 11 is 0. The highest BCUT2D eigenvalue weighted by molar-refractivity contribution is 5.78. The van der Waals surface area contributed by atoms with E-state index >= 15 is 0 Å². The van der Waals surface area contributed by atoms with Gasteiger partial charge in [-0.15, -0.1) is 0 Å². The molecule has 0 atom stereocenters. The van der Waals surface area contributed by atoms with Gasteiger partial charge >= 0.3 is 0 Å². The second kappa shape index (κ2) is 8.26. The average Bonchev–Trinajstić information content (AvgIpc) is 3.17. The van der Waals surface area contributed by atoms with Gasteiger partial charge in [-0.05, 0) is 48.2 Å². The molecule has 1 aliphatic rings. The summed E-state index contributed by atoms with van der Waals surface area (Å²) in [7, 11) is 3.32. The van der Waals surface area contributed by atoms with Crippen LogP contribution >= 0.6 is 0 Å². The van der Waals surface area contributed by atoms with Crippen LogP contribution in [0.25, 0.3) is 0 Å². The van der Waals surface area contributed by atoms with Gasteiger partial charge in [-0.3, -0.25) is 4.79 Å². The minimum absolute atomic E-state index is 0.0435. The highest BCUT2D eigenvalue weighted by atomic mass is 16.5. The lowest BCUT2D eigenvalue weighted by atomic mass is 9.78. The second-order valence-electron chi connectivity index (χ2n) is 7.02. The Labute approximate surface area is 155 Å². The molecular formula is C22H27NO3. The zero-order chi connectivity index (χ0) is 18.4. The maximum atomic E-state index is 12.4. The van der Waals surface area contributed by atoms with Crippen molar-refractivity contribution in [1.29, 1.82) is 0 Å². The molecule has 3 rings (SSSR count). The van der Waals surface area contributed by atoms with Crippen LogP contribution in [-0.4, -0.2) is 26.7 Å². The van der Waals surface area contributed by atoms with E-state index < -0.39 is 0 Å². The molecule has 0 bridgehead atoms. The Hall–Kier alpha value is -2.49. The van der Waals surface area contributed by atoms with Crippen LogP contribution < -0.4 is 14.8 Å². The first-order chi connectivity index (χ1) is 12.6. The molecule has 26 heavy (non-hydrogen) atoms. The molecule has 2 aromatic rings. The number of benzene rings is 2. The van der Waals surface area contributed by atoms with Crippen LogP contribution in [0.5, 0.6) is 11.5 Å². The van der Waals surface area contributed by atoms with E-state index in [2.05, 4.69) is 17.4 Å². The predicted octanol–water partition coefficient (Wildman–Crippen LogP) is 3.87. The standard InChI is InChI=1S/C22H27NO3/c1-25-19-9-5-17(6-10-19)15-21(24)23-16-22(13-3-4-14-22)18-7-11-20(26-2)12-8-18/h5-12H,3-4,13-16H2,1-2H3,(H,23,24). The Balaban J connectivity index is 1.63. The molecule has 1 fully saturated rings. The van der Waals surface area contributed by atoms with Crippen LogP contribution in [0.2, 0.25) is 0 Å². The number of hydrogen-bond acceptors (Lipinski definition) is 3. The van der Waals surface area contributed by atoms with Crippen molar-refractivity contribution in [2.75, 3.05) is 20.8 Å². The third-order valence-corrected chi connectivity index (χ3v) is 5.41. The Bertz CT molecular complexity index is 716. The number of carbonyl (C=O) groups excluding carboxylic acids is 1. The summed E-state index contributed by atoms with van der Waals surface area (Å²) in [6, 6.07) is 15.9. The lowest BCUT2D eigenvalue weighted by Gasteiger charge is -2.30. The molecule has 0 spiro atoms. The van der Waals surface area contributed by atoms with Gasteiger partial charge in [0, 0.05) is 12.0 Å². The summed E-state index contributed by atoms with van der Waals surface area (Å²) in [4.78, 5) is 12.4. The van der Waals surface area contributed by atoms with Crippen molar-refractivity contribution in [2.24, 2.45) is 0 Å². The summed E-state index contributed by atoms with van der Waals surface area (Å²) in [6.45, 7) is 0.689. The molecular weight excluding hydrogens is 326 g/mol. The van der Waals surface area contributed by atoms with Crippen LogP contribution in [0.4, 0.5) is 0 Å². The number of nitrogens with one attached hydrogen (secondary N) is 1. The van der Waals surface area contributed by atoms with Gasteiger partial charge in [-0.1, -0.05) is 37.1 Å². The highest BCUT2D eigenvalue weighted by Gasteiger charge is 2.35. The van der Waals surface area contributed by atoms with E-state index in [1.54, 1.807) is 14.2 Å². The van der Waals surface area contributed by atoms with Gasteiger partial charge in [-0.2, -0.15) is 0 Å². The molecule has 1 N–H and O–H groups in total. The second-order valence-corrected chi connectivity index (χ2v) is 7.02. The van der Waals surface area contributed by atoms with E-state index in [0.29, 0.717) is 13.0 Å². The molecule has 1 saturated carbocycles. The molecule has 0 unspecified atom stereocenters.